The Kier molecular flexibility index (Phi) is 7.72. The molecule has 1 heterocycles. The summed E-state index contributed by atoms with van der Waals surface area (Å²) in [5.74, 6) is 0.949. The van der Waals surface area contributed by atoms with E-state index in [-0.39, 0.29) is 10.9 Å². The van der Waals surface area contributed by atoms with Gasteiger partial charge in [-0.1, -0.05) is 0 Å². The molecule has 0 fully saturated rings. The van der Waals surface area contributed by atoms with E-state index >= 15 is 0 Å². The van der Waals surface area contributed by atoms with Crippen LogP contribution in [0.1, 0.15) is 19.8 Å². The summed E-state index contributed by atoms with van der Waals surface area (Å²) in [6.45, 7) is 3.53. The molecule has 0 amide bonds. The second-order valence-corrected chi connectivity index (χ2v) is 8.03. The summed E-state index contributed by atoms with van der Waals surface area (Å²) < 4.78 is 28.2. The van der Waals surface area contributed by atoms with Crippen LogP contribution in [-0.4, -0.2) is 61.2 Å². The van der Waals surface area contributed by atoms with E-state index < -0.39 is 10.0 Å². The first-order valence-electron chi connectivity index (χ1n) is 7.07. The predicted molar refractivity (Wildman–Crippen MR) is 88.2 cm³/mol. The molecule has 1 aromatic heterocycles. The number of hydrogen-bond acceptors (Lipinski definition) is 5. The van der Waals surface area contributed by atoms with Gasteiger partial charge in [0.15, 0.2) is 0 Å². The fourth-order valence-electron chi connectivity index (χ4n) is 1.89. The number of hydrogen-bond donors (Lipinski definition) is 1. The Bertz CT molecular complexity index is 516. The highest BCUT2D eigenvalue weighted by atomic mass is 32.2. The fraction of sp³-hybridized carbons (Fsp3) is 0.769. The second kappa shape index (κ2) is 8.77. The zero-order valence-corrected chi connectivity index (χ0v) is 14.9. The van der Waals surface area contributed by atoms with Crippen LogP contribution in [-0.2, 0) is 16.6 Å². The minimum absolute atomic E-state index is 0.0184. The number of nitrogens with one attached hydrogen (secondary N) is 1. The van der Waals surface area contributed by atoms with Crippen LogP contribution in [0.25, 0.3) is 0 Å². The average Bonchev–Trinajstić information content (AvgIpc) is 2.93. The van der Waals surface area contributed by atoms with E-state index in [9.17, 15) is 8.42 Å². The second-order valence-electron chi connectivity index (χ2n) is 5.05. The molecular weight excluding hydrogens is 308 g/mol. The van der Waals surface area contributed by atoms with Crippen LogP contribution < -0.4 is 5.32 Å². The average molecular weight is 335 g/mol. The Hall–Kier alpha value is -0.570. The number of sulfonamides is 1. The third kappa shape index (κ3) is 5.28. The van der Waals surface area contributed by atoms with E-state index in [2.05, 4.69) is 10.4 Å². The maximum Gasteiger partial charge on any atom is 0.246 e. The Balaban J connectivity index is 2.73. The van der Waals surface area contributed by atoms with Gasteiger partial charge >= 0.3 is 0 Å². The Morgan fingerprint density at radius 3 is 2.86 bits per heavy atom. The highest BCUT2D eigenvalue weighted by Gasteiger charge is 2.26. The molecule has 1 unspecified atom stereocenters. The number of aryl methyl sites for hydroxylation is 1. The molecule has 21 heavy (non-hydrogen) atoms. The van der Waals surface area contributed by atoms with Gasteiger partial charge < -0.3 is 5.32 Å². The molecule has 0 saturated heterocycles. The van der Waals surface area contributed by atoms with Crippen molar-refractivity contribution in [3.8, 4) is 0 Å². The largest absolute Gasteiger partial charge is 0.320 e. The summed E-state index contributed by atoms with van der Waals surface area (Å²) in [4.78, 5) is 0.269. The van der Waals surface area contributed by atoms with Gasteiger partial charge in [-0.25, -0.2) is 8.42 Å². The van der Waals surface area contributed by atoms with Crippen LogP contribution in [0.5, 0.6) is 0 Å². The summed E-state index contributed by atoms with van der Waals surface area (Å²) in [5, 5.41) is 7.20. The minimum Gasteiger partial charge on any atom is -0.320 e. The van der Waals surface area contributed by atoms with E-state index in [1.54, 1.807) is 29.7 Å². The van der Waals surface area contributed by atoms with E-state index in [4.69, 9.17) is 0 Å². The van der Waals surface area contributed by atoms with Crippen molar-refractivity contribution in [1.29, 1.82) is 0 Å². The lowest BCUT2D eigenvalue weighted by molar-refractivity contribution is 0.382. The number of thioether (sulfide) groups is 1. The van der Waals surface area contributed by atoms with Crippen LogP contribution in [0.2, 0.25) is 0 Å². The molecule has 1 rings (SSSR count). The molecule has 0 aliphatic carbocycles. The van der Waals surface area contributed by atoms with Crippen LogP contribution in [0.15, 0.2) is 17.3 Å². The van der Waals surface area contributed by atoms with E-state index in [1.807, 2.05) is 20.2 Å². The van der Waals surface area contributed by atoms with Crippen LogP contribution in [0.4, 0.5) is 0 Å². The van der Waals surface area contributed by atoms with Gasteiger partial charge in [-0.2, -0.15) is 21.2 Å². The van der Waals surface area contributed by atoms with Gasteiger partial charge in [0, 0.05) is 25.8 Å². The van der Waals surface area contributed by atoms with Crippen molar-refractivity contribution in [2.75, 3.05) is 32.6 Å². The van der Waals surface area contributed by atoms with Crippen molar-refractivity contribution < 1.29 is 8.42 Å². The van der Waals surface area contributed by atoms with Gasteiger partial charge in [0.05, 0.1) is 6.20 Å². The van der Waals surface area contributed by atoms with Crippen LogP contribution >= 0.6 is 11.8 Å². The fourth-order valence-corrected chi connectivity index (χ4v) is 3.82. The lowest BCUT2D eigenvalue weighted by Crippen LogP contribution is -2.35. The third-order valence-electron chi connectivity index (χ3n) is 3.46. The predicted octanol–water partition coefficient (Wildman–Crippen LogP) is 1.25. The van der Waals surface area contributed by atoms with Crippen LogP contribution in [0.3, 0.4) is 0 Å². The summed E-state index contributed by atoms with van der Waals surface area (Å²) in [6.07, 6.45) is 6.83. The van der Waals surface area contributed by atoms with Crippen molar-refractivity contribution in [2.24, 2.45) is 0 Å². The highest BCUT2D eigenvalue weighted by Crippen LogP contribution is 2.18. The van der Waals surface area contributed by atoms with Crippen molar-refractivity contribution >= 4 is 21.8 Å². The number of aromatic nitrogens is 2. The van der Waals surface area contributed by atoms with Gasteiger partial charge in [-0.05, 0) is 45.4 Å². The van der Waals surface area contributed by atoms with Crippen molar-refractivity contribution in [3.05, 3.63) is 12.4 Å². The summed E-state index contributed by atoms with van der Waals surface area (Å²) in [7, 11) is 0.0771. The molecule has 0 radical (unpaired) electrons. The quantitative estimate of drug-likeness (QED) is 0.652. The van der Waals surface area contributed by atoms with Gasteiger partial charge in [0.2, 0.25) is 10.0 Å². The van der Waals surface area contributed by atoms with Crippen molar-refractivity contribution in [3.63, 3.8) is 0 Å². The van der Waals surface area contributed by atoms with Gasteiger partial charge in [0.25, 0.3) is 0 Å². The highest BCUT2D eigenvalue weighted by molar-refractivity contribution is 7.98. The molecule has 0 aliphatic rings. The van der Waals surface area contributed by atoms with Gasteiger partial charge in [-0.3, -0.25) is 4.68 Å². The third-order valence-corrected chi connectivity index (χ3v) is 6.03. The summed E-state index contributed by atoms with van der Waals surface area (Å²) >= 11 is 1.73. The number of rotatable bonds is 10. The van der Waals surface area contributed by atoms with Crippen LogP contribution in [0, 0.1) is 0 Å². The van der Waals surface area contributed by atoms with Gasteiger partial charge in [0.1, 0.15) is 4.90 Å². The molecule has 0 bridgehead atoms. The standard InChI is InChI=1S/C13H26N4O2S2/c1-12(6-9-20-4)16(3)21(18,19)13-10-15-17(11-13)8-5-7-14-2/h10-12,14H,5-9H2,1-4H3. The molecule has 1 aromatic rings. The SMILES string of the molecule is CNCCCn1cc(S(=O)(=O)N(C)C(C)CCSC)cn1. The topological polar surface area (TPSA) is 67.2 Å². The normalized spacial score (nSPS) is 13.8. The molecule has 0 aliphatic heterocycles. The molecule has 0 aromatic carbocycles. The molecule has 1 atom stereocenters. The first-order chi connectivity index (χ1) is 9.93. The Morgan fingerprint density at radius 1 is 1.52 bits per heavy atom. The molecular formula is C13H26N4O2S2. The molecule has 122 valence electrons. The van der Waals surface area contributed by atoms with E-state index in [0.717, 1.165) is 25.1 Å². The first kappa shape index (κ1) is 18.5. The smallest absolute Gasteiger partial charge is 0.246 e. The van der Waals surface area contributed by atoms with E-state index in [1.165, 1.54) is 10.5 Å². The lowest BCUT2D eigenvalue weighted by atomic mass is 10.3. The first-order valence-corrected chi connectivity index (χ1v) is 9.91. The van der Waals surface area contributed by atoms with E-state index in [0.29, 0.717) is 6.54 Å². The monoisotopic (exact) mass is 334 g/mol. The van der Waals surface area contributed by atoms with Gasteiger partial charge in [-0.15, -0.1) is 0 Å². The summed E-state index contributed by atoms with van der Waals surface area (Å²) in [6, 6.07) is -0.0184. The molecule has 0 saturated carbocycles. The molecule has 1 N–H and O–H groups in total. The molecule has 0 spiro atoms. The zero-order chi connectivity index (χ0) is 15.9. The van der Waals surface area contributed by atoms with Crippen molar-refractivity contribution in [1.82, 2.24) is 19.4 Å². The maximum atomic E-state index is 12.5. The Morgan fingerprint density at radius 2 is 2.24 bits per heavy atom. The molecule has 8 heteroatoms. The lowest BCUT2D eigenvalue weighted by Gasteiger charge is -2.23. The zero-order valence-electron chi connectivity index (χ0n) is 13.2. The summed E-state index contributed by atoms with van der Waals surface area (Å²) in [5.41, 5.74) is 0. The van der Waals surface area contributed by atoms with Crippen molar-refractivity contribution in [2.45, 2.75) is 37.2 Å². The maximum absolute atomic E-state index is 12.5. The molecule has 6 nitrogen and oxygen atoms in total. The Labute approximate surface area is 132 Å². The number of nitrogens with zero attached hydrogens (tertiary/aromatic N) is 3. The minimum atomic E-state index is -3.45.